The minimum Gasteiger partial charge on any atom is -0.481 e. The molecule has 112 valence electrons. The second-order valence-electron chi connectivity index (χ2n) is 5.53. The third-order valence-electron chi connectivity index (χ3n) is 3.92. The number of carboxylic acid groups (broad SMARTS) is 1. The largest absolute Gasteiger partial charge is 0.481 e. The molecule has 2 aliphatic rings. The van der Waals surface area contributed by atoms with E-state index in [4.69, 9.17) is 10.8 Å². The first kappa shape index (κ1) is 14.6. The van der Waals surface area contributed by atoms with Gasteiger partial charge in [-0.05, 0) is 25.7 Å². The number of carbonyl (C=O) groups excluding carboxylic acids is 2. The lowest BCUT2D eigenvalue weighted by atomic mass is 9.96. The van der Waals surface area contributed by atoms with Gasteiger partial charge in [-0.25, -0.2) is 4.79 Å². The van der Waals surface area contributed by atoms with E-state index in [0.29, 0.717) is 13.1 Å². The van der Waals surface area contributed by atoms with Crippen molar-refractivity contribution >= 4 is 17.9 Å². The van der Waals surface area contributed by atoms with Crippen LogP contribution in [0, 0.1) is 5.92 Å². The summed E-state index contributed by atoms with van der Waals surface area (Å²) in [7, 11) is 0. The second kappa shape index (κ2) is 6.11. The molecule has 1 atom stereocenters. The molecule has 20 heavy (non-hydrogen) atoms. The van der Waals surface area contributed by atoms with Crippen LogP contribution in [0.5, 0.6) is 0 Å². The van der Waals surface area contributed by atoms with Gasteiger partial charge < -0.3 is 20.6 Å². The van der Waals surface area contributed by atoms with Crippen LogP contribution >= 0.6 is 0 Å². The standard InChI is InChI=1S/C13H21N3O4/c14-13(20)15-6-1-2-9(8-15)12(19)16(10-3-4-10)7-5-11(17)18/h9-10H,1-8H2,(H2,14,20)(H,17,18). The van der Waals surface area contributed by atoms with E-state index in [0.717, 1.165) is 25.7 Å². The lowest BCUT2D eigenvalue weighted by molar-refractivity contribution is -0.140. The molecule has 2 rings (SSSR count). The van der Waals surface area contributed by atoms with E-state index in [1.807, 2.05) is 0 Å². The first-order valence-corrected chi connectivity index (χ1v) is 7.05. The SMILES string of the molecule is NC(=O)N1CCCC(C(=O)N(CCC(=O)O)C2CC2)C1. The molecule has 3 N–H and O–H groups in total. The third kappa shape index (κ3) is 3.61. The van der Waals surface area contributed by atoms with Gasteiger partial charge >= 0.3 is 12.0 Å². The molecule has 1 heterocycles. The van der Waals surface area contributed by atoms with E-state index in [1.165, 1.54) is 4.90 Å². The molecular formula is C13H21N3O4. The highest BCUT2D eigenvalue weighted by atomic mass is 16.4. The summed E-state index contributed by atoms with van der Waals surface area (Å²) in [5.74, 6) is -1.17. The Bertz CT molecular complexity index is 408. The number of hydrogen-bond acceptors (Lipinski definition) is 3. The summed E-state index contributed by atoms with van der Waals surface area (Å²) in [6.07, 6.45) is 3.35. The Kier molecular flexibility index (Phi) is 4.46. The number of urea groups is 1. The van der Waals surface area contributed by atoms with Crippen molar-refractivity contribution in [1.82, 2.24) is 9.80 Å². The number of carboxylic acids is 1. The van der Waals surface area contributed by atoms with Crippen molar-refractivity contribution in [2.75, 3.05) is 19.6 Å². The summed E-state index contributed by atoms with van der Waals surface area (Å²) in [5, 5.41) is 8.76. The summed E-state index contributed by atoms with van der Waals surface area (Å²) >= 11 is 0. The van der Waals surface area contributed by atoms with Gasteiger partial charge in [-0.2, -0.15) is 0 Å². The Morgan fingerprint density at radius 3 is 2.50 bits per heavy atom. The summed E-state index contributed by atoms with van der Waals surface area (Å²) in [6, 6.07) is -0.309. The number of likely N-dealkylation sites (tertiary alicyclic amines) is 1. The molecule has 0 aromatic heterocycles. The van der Waals surface area contributed by atoms with Gasteiger partial charge in [-0.15, -0.1) is 0 Å². The van der Waals surface area contributed by atoms with Gasteiger partial charge in [0.2, 0.25) is 5.91 Å². The topological polar surface area (TPSA) is 104 Å². The maximum absolute atomic E-state index is 12.5. The van der Waals surface area contributed by atoms with Crippen molar-refractivity contribution in [3.63, 3.8) is 0 Å². The van der Waals surface area contributed by atoms with Crippen LogP contribution < -0.4 is 5.73 Å². The number of hydrogen-bond donors (Lipinski definition) is 2. The fourth-order valence-corrected chi connectivity index (χ4v) is 2.69. The first-order valence-electron chi connectivity index (χ1n) is 7.05. The first-order chi connectivity index (χ1) is 9.49. The Labute approximate surface area is 117 Å². The molecule has 1 saturated heterocycles. The maximum Gasteiger partial charge on any atom is 0.314 e. The molecule has 0 bridgehead atoms. The lowest BCUT2D eigenvalue weighted by Gasteiger charge is -2.34. The van der Waals surface area contributed by atoms with Crippen LogP contribution in [0.1, 0.15) is 32.1 Å². The summed E-state index contributed by atoms with van der Waals surface area (Å²) < 4.78 is 0. The van der Waals surface area contributed by atoms with Crippen LogP contribution in [-0.2, 0) is 9.59 Å². The minimum absolute atomic E-state index is 0.0281. The molecule has 0 radical (unpaired) electrons. The number of piperidine rings is 1. The van der Waals surface area contributed by atoms with Crippen molar-refractivity contribution in [2.24, 2.45) is 11.7 Å². The summed E-state index contributed by atoms with van der Waals surface area (Å²) in [6.45, 7) is 1.20. The number of nitrogens with zero attached hydrogens (tertiary/aromatic N) is 2. The molecule has 2 fully saturated rings. The van der Waals surface area contributed by atoms with Crippen molar-refractivity contribution in [1.29, 1.82) is 0 Å². The molecule has 3 amide bonds. The predicted octanol–water partition coefficient (Wildman–Crippen LogP) is 0.243. The number of nitrogens with two attached hydrogens (primary N) is 1. The molecule has 0 aromatic carbocycles. The zero-order valence-corrected chi connectivity index (χ0v) is 11.5. The fourth-order valence-electron chi connectivity index (χ4n) is 2.69. The van der Waals surface area contributed by atoms with Gasteiger partial charge in [0.05, 0.1) is 12.3 Å². The Morgan fingerprint density at radius 1 is 1.25 bits per heavy atom. The molecule has 7 heteroatoms. The Morgan fingerprint density at radius 2 is 1.95 bits per heavy atom. The van der Waals surface area contributed by atoms with Crippen LogP contribution in [0.25, 0.3) is 0 Å². The average Bonchev–Trinajstić information content (AvgIpc) is 3.23. The van der Waals surface area contributed by atoms with Crippen molar-refractivity contribution in [3.8, 4) is 0 Å². The van der Waals surface area contributed by atoms with Crippen LogP contribution in [0.15, 0.2) is 0 Å². The van der Waals surface area contributed by atoms with Gasteiger partial charge in [-0.1, -0.05) is 0 Å². The number of aliphatic carboxylic acids is 1. The van der Waals surface area contributed by atoms with E-state index in [1.54, 1.807) is 4.90 Å². The van der Waals surface area contributed by atoms with Gasteiger partial charge in [0, 0.05) is 25.7 Å². The predicted molar refractivity (Wildman–Crippen MR) is 70.9 cm³/mol. The molecule has 0 spiro atoms. The van der Waals surface area contributed by atoms with Crippen molar-refractivity contribution < 1.29 is 19.5 Å². The van der Waals surface area contributed by atoms with Crippen LogP contribution in [0.2, 0.25) is 0 Å². The highest BCUT2D eigenvalue weighted by Crippen LogP contribution is 2.30. The minimum atomic E-state index is -0.897. The smallest absolute Gasteiger partial charge is 0.314 e. The zero-order valence-electron chi connectivity index (χ0n) is 11.5. The van der Waals surface area contributed by atoms with Crippen LogP contribution in [0.3, 0.4) is 0 Å². The molecule has 1 saturated carbocycles. The number of carbonyl (C=O) groups is 3. The quantitative estimate of drug-likeness (QED) is 0.754. The summed E-state index contributed by atoms with van der Waals surface area (Å²) in [4.78, 5) is 37.6. The molecular weight excluding hydrogens is 262 g/mol. The Hall–Kier alpha value is -1.79. The molecule has 1 unspecified atom stereocenters. The highest BCUT2D eigenvalue weighted by Gasteiger charge is 2.37. The molecule has 7 nitrogen and oxygen atoms in total. The van der Waals surface area contributed by atoms with E-state index in [-0.39, 0.29) is 30.8 Å². The normalized spacial score (nSPS) is 22.4. The fraction of sp³-hybridized carbons (Fsp3) is 0.769. The Balaban J connectivity index is 1.96. The van der Waals surface area contributed by atoms with Gasteiger partial charge in [-0.3, -0.25) is 9.59 Å². The monoisotopic (exact) mass is 283 g/mol. The second-order valence-corrected chi connectivity index (χ2v) is 5.53. The molecule has 1 aliphatic carbocycles. The van der Waals surface area contributed by atoms with E-state index in [2.05, 4.69) is 0 Å². The van der Waals surface area contributed by atoms with Crippen LogP contribution in [0.4, 0.5) is 4.79 Å². The maximum atomic E-state index is 12.5. The van der Waals surface area contributed by atoms with Crippen molar-refractivity contribution in [2.45, 2.75) is 38.1 Å². The van der Waals surface area contributed by atoms with Gasteiger partial charge in [0.25, 0.3) is 0 Å². The van der Waals surface area contributed by atoms with E-state index < -0.39 is 12.0 Å². The highest BCUT2D eigenvalue weighted by molar-refractivity contribution is 5.81. The van der Waals surface area contributed by atoms with Crippen molar-refractivity contribution in [3.05, 3.63) is 0 Å². The van der Waals surface area contributed by atoms with E-state index >= 15 is 0 Å². The lowest BCUT2D eigenvalue weighted by Crippen LogP contribution is -2.49. The molecule has 1 aliphatic heterocycles. The number of rotatable bonds is 5. The van der Waals surface area contributed by atoms with Gasteiger partial charge in [0.1, 0.15) is 0 Å². The number of amides is 3. The summed E-state index contributed by atoms with van der Waals surface area (Å²) in [5.41, 5.74) is 5.26. The molecule has 0 aromatic rings. The third-order valence-corrected chi connectivity index (χ3v) is 3.92. The average molecular weight is 283 g/mol. The zero-order chi connectivity index (χ0) is 14.7. The number of primary amides is 1. The van der Waals surface area contributed by atoms with Gasteiger partial charge in [0.15, 0.2) is 0 Å². The van der Waals surface area contributed by atoms with Crippen LogP contribution in [-0.4, -0.2) is 58.5 Å². The van der Waals surface area contributed by atoms with E-state index in [9.17, 15) is 14.4 Å².